The summed E-state index contributed by atoms with van der Waals surface area (Å²) in [6, 6.07) is 13.4. The number of carbonyl (C=O) groups is 2. The molecule has 48 heavy (non-hydrogen) atoms. The lowest BCUT2D eigenvalue weighted by atomic mass is 9.98. The fraction of sp³-hybridized carbons (Fsp3) is 0.371. The van der Waals surface area contributed by atoms with Gasteiger partial charge in [-0.25, -0.2) is 9.78 Å². The van der Waals surface area contributed by atoms with Crippen molar-refractivity contribution in [3.63, 3.8) is 0 Å². The number of hydrogen-bond acceptors (Lipinski definition) is 8. The molecule has 0 saturated carbocycles. The van der Waals surface area contributed by atoms with Crippen LogP contribution in [0.5, 0.6) is 11.5 Å². The molecule has 0 radical (unpaired) electrons. The summed E-state index contributed by atoms with van der Waals surface area (Å²) in [6.45, 7) is 8.08. The number of carbonyl (C=O) groups excluding carboxylic acids is 2. The number of fused-ring (bicyclic) bond motifs is 1. The Balaban J connectivity index is 1.12. The number of amides is 2. The number of aryl methyl sites for hydroxylation is 1. The molecule has 1 aliphatic rings. The zero-order valence-corrected chi connectivity index (χ0v) is 29.0. The second kappa shape index (κ2) is 14.3. The van der Waals surface area contributed by atoms with Crippen molar-refractivity contribution in [1.82, 2.24) is 24.2 Å². The highest BCUT2D eigenvalue weighted by Crippen LogP contribution is 2.39. The molecule has 13 heteroatoms. The number of benzene rings is 2. The van der Waals surface area contributed by atoms with Crippen molar-refractivity contribution in [2.24, 2.45) is 24.6 Å². The van der Waals surface area contributed by atoms with Gasteiger partial charge in [0.25, 0.3) is 5.91 Å². The molecule has 0 spiro atoms. The van der Waals surface area contributed by atoms with Crippen LogP contribution < -0.4 is 15.2 Å². The van der Waals surface area contributed by atoms with Gasteiger partial charge in [-0.2, -0.15) is 5.10 Å². The highest BCUT2D eigenvalue weighted by Gasteiger charge is 2.26. The molecule has 4 heterocycles. The molecule has 1 atom stereocenters. The van der Waals surface area contributed by atoms with E-state index < -0.39 is 12.0 Å². The first-order chi connectivity index (χ1) is 23.1. The number of piperidine rings is 1. The van der Waals surface area contributed by atoms with E-state index in [1.54, 1.807) is 22.0 Å². The highest BCUT2D eigenvalue weighted by molar-refractivity contribution is 7.16. The van der Waals surface area contributed by atoms with Crippen LogP contribution in [0.1, 0.15) is 55.0 Å². The Morgan fingerprint density at radius 3 is 2.58 bits per heavy atom. The van der Waals surface area contributed by atoms with Crippen LogP contribution in [0.3, 0.4) is 0 Å². The number of hydrogen-bond donors (Lipinski definition) is 1. The van der Waals surface area contributed by atoms with Gasteiger partial charge in [0.05, 0.1) is 35.5 Å². The van der Waals surface area contributed by atoms with Crippen LogP contribution >= 0.6 is 22.9 Å². The summed E-state index contributed by atoms with van der Waals surface area (Å²) in [5.41, 5.74) is 10.2. The van der Waals surface area contributed by atoms with Crippen molar-refractivity contribution < 1.29 is 23.8 Å². The average Bonchev–Trinajstić information content (AvgIpc) is 3.81. The largest absolute Gasteiger partial charge is 0.492 e. The maximum Gasteiger partial charge on any atom is 0.409 e. The third kappa shape index (κ3) is 7.29. The highest BCUT2D eigenvalue weighted by atomic mass is 35.5. The van der Waals surface area contributed by atoms with Gasteiger partial charge in [-0.1, -0.05) is 43.6 Å². The van der Waals surface area contributed by atoms with Gasteiger partial charge in [0.1, 0.15) is 33.8 Å². The zero-order valence-electron chi connectivity index (χ0n) is 27.4. The second-order valence-corrected chi connectivity index (χ2v) is 13.9. The van der Waals surface area contributed by atoms with E-state index in [2.05, 4.69) is 10.1 Å². The second-order valence-electron chi connectivity index (χ2n) is 12.5. The Hall–Kier alpha value is -4.55. The van der Waals surface area contributed by atoms with Crippen molar-refractivity contribution in [2.45, 2.75) is 39.7 Å². The zero-order chi connectivity index (χ0) is 33.9. The predicted molar refractivity (Wildman–Crippen MR) is 186 cm³/mol. The van der Waals surface area contributed by atoms with Crippen LogP contribution in [0.4, 0.5) is 4.79 Å². The van der Waals surface area contributed by atoms with Crippen molar-refractivity contribution in [3.05, 3.63) is 76.6 Å². The molecule has 3 aromatic heterocycles. The molecule has 0 bridgehead atoms. The Bertz CT molecular complexity index is 1930. The van der Waals surface area contributed by atoms with E-state index in [1.807, 2.05) is 81.2 Å². The Labute approximate surface area is 288 Å². The van der Waals surface area contributed by atoms with Crippen molar-refractivity contribution in [1.29, 1.82) is 0 Å². The Kier molecular flexibility index (Phi) is 9.93. The van der Waals surface area contributed by atoms with Crippen molar-refractivity contribution in [3.8, 4) is 27.6 Å². The number of nitrogens with zero attached hydrogens (tertiary/aromatic N) is 5. The summed E-state index contributed by atoms with van der Waals surface area (Å²) in [5, 5.41) is 5.45. The van der Waals surface area contributed by atoms with E-state index in [-0.39, 0.29) is 12.0 Å². The third-order valence-corrected chi connectivity index (χ3v) is 9.89. The minimum absolute atomic E-state index is 0.251. The van der Waals surface area contributed by atoms with Crippen LogP contribution in [-0.4, -0.2) is 62.5 Å². The normalized spacial score (nSPS) is 14.4. The molecular weight excluding hydrogens is 652 g/mol. The third-order valence-electron chi connectivity index (χ3n) is 8.35. The molecule has 11 nitrogen and oxygen atoms in total. The molecule has 2 N–H and O–H groups in total. The first kappa shape index (κ1) is 33.4. The fourth-order valence-electron chi connectivity index (χ4n) is 5.70. The lowest BCUT2D eigenvalue weighted by molar-refractivity contribution is 0.0733. The summed E-state index contributed by atoms with van der Waals surface area (Å²) in [6.07, 6.45) is 6.37. The molecule has 6 rings (SSSR count). The monoisotopic (exact) mass is 690 g/mol. The smallest absolute Gasteiger partial charge is 0.409 e. The summed E-state index contributed by atoms with van der Waals surface area (Å²) in [5.74, 6) is 0.928. The summed E-state index contributed by atoms with van der Waals surface area (Å²) in [7, 11) is 1.88. The number of rotatable bonds is 11. The maximum absolute atomic E-state index is 12.5. The molecule has 1 aliphatic heterocycles. The predicted octanol–water partition coefficient (Wildman–Crippen LogP) is 7.26. The van der Waals surface area contributed by atoms with Crippen LogP contribution in [0.25, 0.3) is 27.2 Å². The Morgan fingerprint density at radius 1 is 1.08 bits per heavy atom. The van der Waals surface area contributed by atoms with Gasteiger partial charge in [0.2, 0.25) is 0 Å². The number of primary amides is 1. The first-order valence-corrected chi connectivity index (χ1v) is 17.2. The van der Waals surface area contributed by atoms with Crippen LogP contribution in [0.2, 0.25) is 5.02 Å². The Morgan fingerprint density at radius 2 is 1.88 bits per heavy atom. The molecule has 252 valence electrons. The standard InChI is InChI=1S/C35H39ClN6O5S/c1-21(2)18-46-35(44)41-12-10-23(11-13-41)19-45-29-7-5-6-26(32(29)36)22(3)47-30-15-31(48-33(30)34(37)43)42-20-38-27-14-24(8-9-28(27)42)25-16-39-40(4)17-25/h5-9,14-17,20-23H,10-13,18-19H2,1-4H3,(H2,37,43)/t22-/m1/s1. The maximum atomic E-state index is 12.5. The molecule has 1 fully saturated rings. The van der Waals surface area contributed by atoms with Crippen LogP contribution in [0.15, 0.2) is 61.2 Å². The number of thiophene rings is 1. The van der Waals surface area contributed by atoms with Gasteiger partial charge in [0, 0.05) is 43.5 Å². The van der Waals surface area contributed by atoms with Crippen LogP contribution in [0, 0.1) is 11.8 Å². The van der Waals surface area contributed by atoms with E-state index in [0.29, 0.717) is 53.6 Å². The minimum Gasteiger partial charge on any atom is -0.492 e. The molecular formula is C35H39ClN6O5S. The number of likely N-dealkylation sites (tertiary alicyclic amines) is 1. The van der Waals surface area contributed by atoms with Crippen molar-refractivity contribution in [2.75, 3.05) is 26.3 Å². The lowest BCUT2D eigenvalue weighted by Gasteiger charge is -2.31. The van der Waals surface area contributed by atoms with Gasteiger partial charge in [-0.15, -0.1) is 11.3 Å². The van der Waals surface area contributed by atoms with Gasteiger partial charge in [-0.05, 0) is 55.4 Å². The molecule has 0 unspecified atom stereocenters. The number of halogens is 1. The summed E-state index contributed by atoms with van der Waals surface area (Å²) >= 11 is 8.08. The molecule has 5 aromatic rings. The van der Waals surface area contributed by atoms with E-state index in [9.17, 15) is 9.59 Å². The number of aromatic nitrogens is 4. The van der Waals surface area contributed by atoms with E-state index in [0.717, 1.165) is 45.6 Å². The van der Waals surface area contributed by atoms with Gasteiger partial charge in [0.15, 0.2) is 0 Å². The number of imidazole rings is 1. The topological polar surface area (TPSA) is 127 Å². The van der Waals surface area contributed by atoms with Gasteiger partial charge < -0.3 is 24.8 Å². The fourth-order valence-corrected chi connectivity index (χ4v) is 6.97. The average molecular weight is 691 g/mol. The SMILES string of the molecule is CC(C)COC(=O)N1CCC(COc2cccc([C@@H](C)Oc3cc(-n4cnc5cc(-c6cnn(C)c6)ccc54)sc3C(N)=O)c2Cl)CC1. The molecule has 1 saturated heterocycles. The summed E-state index contributed by atoms with van der Waals surface area (Å²) in [4.78, 5) is 31.5. The van der Waals surface area contributed by atoms with E-state index in [1.165, 1.54) is 11.3 Å². The number of ether oxygens (including phenoxy) is 3. The molecule has 0 aliphatic carbocycles. The minimum atomic E-state index is -0.584. The summed E-state index contributed by atoms with van der Waals surface area (Å²) < 4.78 is 21.6. The van der Waals surface area contributed by atoms with Crippen LogP contribution in [-0.2, 0) is 11.8 Å². The first-order valence-electron chi connectivity index (χ1n) is 16.0. The molecule has 2 amide bonds. The quantitative estimate of drug-likeness (QED) is 0.155. The number of nitrogens with two attached hydrogens (primary N) is 1. The van der Waals surface area contributed by atoms with Gasteiger partial charge >= 0.3 is 6.09 Å². The molecule has 2 aromatic carbocycles. The van der Waals surface area contributed by atoms with Crippen molar-refractivity contribution >= 4 is 46.0 Å². The van der Waals surface area contributed by atoms with E-state index >= 15 is 0 Å². The van der Waals surface area contributed by atoms with Gasteiger partial charge in [-0.3, -0.25) is 14.0 Å². The lowest BCUT2D eigenvalue weighted by Crippen LogP contribution is -2.40. The van der Waals surface area contributed by atoms with E-state index in [4.69, 9.17) is 31.5 Å².